The van der Waals surface area contributed by atoms with E-state index in [0.29, 0.717) is 29.8 Å². The Morgan fingerprint density at radius 3 is 2.46 bits per heavy atom. The van der Waals surface area contributed by atoms with Crippen LogP contribution >= 0.6 is 12.2 Å². The second-order valence-electron chi connectivity index (χ2n) is 5.24. The monoisotopic (exact) mass is 373 g/mol. The highest BCUT2D eigenvalue weighted by Crippen LogP contribution is 2.26. The molecule has 2 aromatic rings. The summed E-state index contributed by atoms with van der Waals surface area (Å²) in [7, 11) is 3.19. The Balaban J connectivity index is 1.81. The van der Waals surface area contributed by atoms with Crippen LogP contribution in [0.4, 0.5) is 0 Å². The van der Waals surface area contributed by atoms with Crippen LogP contribution in [0.15, 0.2) is 47.6 Å². The number of rotatable bonds is 8. The van der Waals surface area contributed by atoms with E-state index >= 15 is 0 Å². The predicted molar refractivity (Wildman–Crippen MR) is 107 cm³/mol. The molecule has 7 heteroatoms. The number of methoxy groups -OCH3 is 2. The van der Waals surface area contributed by atoms with Crippen LogP contribution in [0.5, 0.6) is 17.2 Å². The Kier molecular flexibility index (Phi) is 7.70. The zero-order chi connectivity index (χ0) is 18.8. The van der Waals surface area contributed by atoms with Crippen molar-refractivity contribution in [3.63, 3.8) is 0 Å². The Labute approximate surface area is 159 Å². The van der Waals surface area contributed by atoms with Crippen molar-refractivity contribution in [3.8, 4) is 17.2 Å². The number of nitrogens with one attached hydrogen (secondary N) is 2. The summed E-state index contributed by atoms with van der Waals surface area (Å²) in [6, 6.07) is 13.4. The first-order valence-corrected chi connectivity index (χ1v) is 8.57. The number of ether oxygens (including phenoxy) is 3. The average Bonchev–Trinajstić information content (AvgIpc) is 2.67. The van der Waals surface area contributed by atoms with Crippen LogP contribution in [0.1, 0.15) is 18.1 Å². The number of nitrogens with zero attached hydrogens (tertiary/aromatic N) is 1. The zero-order valence-corrected chi connectivity index (χ0v) is 15.9. The predicted octanol–water partition coefficient (Wildman–Crippen LogP) is 3.10. The number of thiocarbonyl (C=S) groups is 1. The van der Waals surface area contributed by atoms with Crippen LogP contribution in [0, 0.1) is 0 Å². The van der Waals surface area contributed by atoms with Crippen LogP contribution in [0.2, 0.25) is 0 Å². The molecular weight excluding hydrogens is 350 g/mol. The Hall–Kier alpha value is -2.80. The maximum Gasteiger partial charge on any atom is 0.187 e. The second-order valence-corrected chi connectivity index (χ2v) is 5.65. The smallest absolute Gasteiger partial charge is 0.187 e. The molecule has 0 aliphatic carbocycles. The van der Waals surface area contributed by atoms with Crippen LogP contribution in [-0.2, 0) is 6.54 Å². The molecule has 0 aliphatic rings. The summed E-state index contributed by atoms with van der Waals surface area (Å²) in [5.41, 5.74) is 4.76. The van der Waals surface area contributed by atoms with Gasteiger partial charge in [0, 0.05) is 6.54 Å². The average molecular weight is 373 g/mol. The van der Waals surface area contributed by atoms with Crippen LogP contribution in [-0.4, -0.2) is 32.2 Å². The molecule has 0 radical (unpaired) electrons. The topological polar surface area (TPSA) is 64.1 Å². The normalized spacial score (nSPS) is 10.4. The minimum absolute atomic E-state index is 0.440. The number of hydrogen-bond acceptors (Lipinski definition) is 5. The lowest BCUT2D eigenvalue weighted by molar-refractivity contribution is 0.340. The molecule has 0 saturated carbocycles. The standard InChI is InChI=1S/C19H23N3O3S/c1-4-25-16-8-5-14(6-9-16)12-20-19(26)22-21-13-15-7-10-17(23-2)18(11-15)24-3/h5-11,13H,4,12H2,1-3H3,(H2,20,22,26)/b21-13+. The van der Waals surface area contributed by atoms with E-state index < -0.39 is 0 Å². The van der Waals surface area contributed by atoms with Crippen molar-refractivity contribution in [2.45, 2.75) is 13.5 Å². The van der Waals surface area contributed by atoms with Crippen molar-refractivity contribution in [2.24, 2.45) is 5.10 Å². The van der Waals surface area contributed by atoms with E-state index in [2.05, 4.69) is 15.8 Å². The molecule has 26 heavy (non-hydrogen) atoms. The molecule has 0 atom stereocenters. The van der Waals surface area contributed by atoms with Gasteiger partial charge in [-0.2, -0.15) is 5.10 Å². The van der Waals surface area contributed by atoms with E-state index in [1.165, 1.54) is 0 Å². The van der Waals surface area contributed by atoms with Gasteiger partial charge in [0.15, 0.2) is 16.6 Å². The molecule has 2 N–H and O–H groups in total. The molecule has 138 valence electrons. The van der Waals surface area contributed by atoms with Gasteiger partial charge in [-0.1, -0.05) is 12.1 Å². The summed E-state index contributed by atoms with van der Waals surface area (Å²) < 4.78 is 15.9. The van der Waals surface area contributed by atoms with Gasteiger partial charge in [-0.25, -0.2) is 0 Å². The fourth-order valence-electron chi connectivity index (χ4n) is 2.19. The number of hydrazone groups is 1. The van der Waals surface area contributed by atoms with Crippen molar-refractivity contribution < 1.29 is 14.2 Å². The second kappa shape index (κ2) is 10.2. The molecule has 0 saturated heterocycles. The Bertz CT molecular complexity index is 748. The zero-order valence-electron chi connectivity index (χ0n) is 15.1. The first-order chi connectivity index (χ1) is 12.7. The summed E-state index contributed by atoms with van der Waals surface area (Å²) in [6.07, 6.45) is 1.66. The van der Waals surface area contributed by atoms with Crippen molar-refractivity contribution in [2.75, 3.05) is 20.8 Å². The van der Waals surface area contributed by atoms with Gasteiger partial charge in [0.2, 0.25) is 0 Å². The van der Waals surface area contributed by atoms with Crippen LogP contribution in [0.3, 0.4) is 0 Å². The van der Waals surface area contributed by atoms with E-state index in [4.69, 9.17) is 26.4 Å². The highest BCUT2D eigenvalue weighted by molar-refractivity contribution is 7.80. The lowest BCUT2D eigenvalue weighted by Crippen LogP contribution is -2.31. The fourth-order valence-corrected chi connectivity index (χ4v) is 2.32. The summed E-state index contributed by atoms with van der Waals surface area (Å²) in [5, 5.41) is 7.67. The minimum Gasteiger partial charge on any atom is -0.494 e. The van der Waals surface area contributed by atoms with E-state index in [9.17, 15) is 0 Å². The molecule has 2 rings (SSSR count). The number of hydrogen-bond donors (Lipinski definition) is 2. The molecule has 2 aromatic carbocycles. The molecule has 0 amide bonds. The maximum atomic E-state index is 5.42. The molecule has 0 aliphatic heterocycles. The lowest BCUT2D eigenvalue weighted by atomic mass is 10.2. The van der Waals surface area contributed by atoms with Crippen molar-refractivity contribution in [1.29, 1.82) is 0 Å². The first-order valence-electron chi connectivity index (χ1n) is 8.17. The first kappa shape index (κ1) is 19.5. The summed E-state index contributed by atoms with van der Waals surface area (Å²) in [4.78, 5) is 0. The summed E-state index contributed by atoms with van der Waals surface area (Å²) in [5.74, 6) is 2.18. The van der Waals surface area contributed by atoms with E-state index in [1.54, 1.807) is 20.4 Å². The van der Waals surface area contributed by atoms with Gasteiger partial charge in [-0.15, -0.1) is 0 Å². The molecule has 0 fully saturated rings. The van der Waals surface area contributed by atoms with Crippen molar-refractivity contribution in [3.05, 3.63) is 53.6 Å². The van der Waals surface area contributed by atoms with E-state index in [-0.39, 0.29) is 0 Å². The SMILES string of the molecule is CCOc1ccc(CNC(=S)N/N=C/c2ccc(OC)c(OC)c2)cc1. The van der Waals surface area contributed by atoms with Gasteiger partial charge in [0.1, 0.15) is 5.75 Å². The van der Waals surface area contributed by atoms with Gasteiger partial charge in [-0.05, 0) is 60.6 Å². The Morgan fingerprint density at radius 2 is 1.81 bits per heavy atom. The van der Waals surface area contributed by atoms with Gasteiger partial charge >= 0.3 is 0 Å². The van der Waals surface area contributed by atoms with Gasteiger partial charge in [0.25, 0.3) is 0 Å². The minimum atomic E-state index is 0.440. The molecule has 0 unspecified atom stereocenters. The molecule has 0 bridgehead atoms. The molecule has 0 aromatic heterocycles. The number of benzene rings is 2. The Morgan fingerprint density at radius 1 is 1.08 bits per heavy atom. The van der Waals surface area contributed by atoms with Crippen molar-refractivity contribution in [1.82, 2.24) is 10.7 Å². The third kappa shape index (κ3) is 5.93. The highest BCUT2D eigenvalue weighted by Gasteiger charge is 2.03. The van der Waals surface area contributed by atoms with Gasteiger partial charge in [-0.3, -0.25) is 5.43 Å². The van der Waals surface area contributed by atoms with Crippen LogP contribution in [0.25, 0.3) is 0 Å². The third-order valence-corrected chi connectivity index (χ3v) is 3.71. The molecular formula is C19H23N3O3S. The van der Waals surface area contributed by atoms with E-state index in [1.807, 2.05) is 49.4 Å². The van der Waals surface area contributed by atoms with Crippen LogP contribution < -0.4 is 25.0 Å². The van der Waals surface area contributed by atoms with Crippen molar-refractivity contribution >= 4 is 23.5 Å². The fraction of sp³-hybridized carbons (Fsp3) is 0.263. The largest absolute Gasteiger partial charge is 0.494 e. The van der Waals surface area contributed by atoms with Gasteiger partial charge in [0.05, 0.1) is 27.0 Å². The molecule has 0 spiro atoms. The molecule has 6 nitrogen and oxygen atoms in total. The summed E-state index contributed by atoms with van der Waals surface area (Å²) >= 11 is 5.22. The highest BCUT2D eigenvalue weighted by atomic mass is 32.1. The van der Waals surface area contributed by atoms with Gasteiger partial charge < -0.3 is 19.5 Å². The quantitative estimate of drug-likeness (QED) is 0.421. The summed E-state index contributed by atoms with van der Waals surface area (Å²) in [6.45, 7) is 3.22. The lowest BCUT2D eigenvalue weighted by Gasteiger charge is -2.09. The maximum absolute atomic E-state index is 5.42. The van der Waals surface area contributed by atoms with E-state index in [0.717, 1.165) is 16.9 Å². The molecule has 0 heterocycles. The third-order valence-electron chi connectivity index (χ3n) is 3.47.